The van der Waals surface area contributed by atoms with Crippen LogP contribution in [0.5, 0.6) is 0 Å². The van der Waals surface area contributed by atoms with Crippen LogP contribution in [0.15, 0.2) is 23.3 Å². The lowest BCUT2D eigenvalue weighted by molar-refractivity contribution is -0.0589. The fourth-order valence-electron chi connectivity index (χ4n) is 1.84. The minimum atomic E-state index is -0.596. The fraction of sp³-hybridized carbons (Fsp3) is 0.625. The second-order valence-electron chi connectivity index (χ2n) is 7.21. The molecule has 1 aromatic heterocycles. The first kappa shape index (κ1) is 19.7. The molecule has 1 atom stereocenters. The molecule has 1 unspecified atom stereocenters. The normalized spacial score (nSPS) is 12.9. The fourth-order valence-corrected chi connectivity index (χ4v) is 1.84. The van der Waals surface area contributed by atoms with Gasteiger partial charge in [0.2, 0.25) is 0 Å². The molecule has 0 saturated carbocycles. The van der Waals surface area contributed by atoms with Crippen molar-refractivity contribution in [2.45, 2.75) is 58.8 Å². The van der Waals surface area contributed by atoms with Crippen LogP contribution in [-0.4, -0.2) is 28.8 Å². The van der Waals surface area contributed by atoms with Crippen LogP contribution in [0.2, 0.25) is 0 Å². The van der Waals surface area contributed by atoms with Gasteiger partial charge < -0.3 is 9.47 Å². The van der Waals surface area contributed by atoms with Crippen LogP contribution in [0.4, 0.5) is 10.6 Å². The van der Waals surface area contributed by atoms with Crippen molar-refractivity contribution in [3.8, 4) is 0 Å². The maximum absolute atomic E-state index is 11.8. The zero-order valence-electron chi connectivity index (χ0n) is 15.0. The van der Waals surface area contributed by atoms with E-state index < -0.39 is 23.4 Å². The number of rotatable bonds is 5. The zero-order valence-corrected chi connectivity index (χ0v) is 15.0. The number of ether oxygens (including phenoxy) is 2. The van der Waals surface area contributed by atoms with E-state index in [1.54, 1.807) is 39.0 Å². The molecule has 1 amide bonds. The highest BCUT2D eigenvalue weighted by molar-refractivity contribution is 5.83. The van der Waals surface area contributed by atoms with Crippen LogP contribution in [0.25, 0.3) is 10.4 Å². The molecule has 0 aliphatic heterocycles. The van der Waals surface area contributed by atoms with Gasteiger partial charge in [0.05, 0.1) is 17.8 Å². The third-order valence-electron chi connectivity index (χ3n) is 2.54. The summed E-state index contributed by atoms with van der Waals surface area (Å²) >= 11 is 0. The van der Waals surface area contributed by atoms with Gasteiger partial charge in [-0.2, -0.15) is 0 Å². The van der Waals surface area contributed by atoms with Crippen LogP contribution < -0.4 is 5.32 Å². The van der Waals surface area contributed by atoms with Gasteiger partial charge in [-0.05, 0) is 59.2 Å². The molecule has 0 aliphatic rings. The van der Waals surface area contributed by atoms with Gasteiger partial charge >= 0.3 is 6.09 Å². The van der Waals surface area contributed by atoms with Gasteiger partial charge in [0.15, 0.2) is 0 Å². The largest absolute Gasteiger partial charge is 0.444 e. The number of nitrogens with one attached hydrogen (secondary N) is 1. The Morgan fingerprint density at radius 3 is 2.50 bits per heavy atom. The molecule has 132 valence electrons. The van der Waals surface area contributed by atoms with Crippen molar-refractivity contribution in [2.24, 2.45) is 5.11 Å². The summed E-state index contributed by atoms with van der Waals surface area (Å²) in [6.45, 7) is 11.2. The lowest BCUT2D eigenvalue weighted by Crippen LogP contribution is -2.28. The van der Waals surface area contributed by atoms with Gasteiger partial charge in [-0.25, -0.2) is 9.78 Å². The molecule has 8 nitrogen and oxygen atoms in total. The summed E-state index contributed by atoms with van der Waals surface area (Å²) in [5.41, 5.74) is 8.08. The number of pyridine rings is 1. The molecule has 1 N–H and O–H groups in total. The maximum atomic E-state index is 11.8. The number of hydrogen-bond acceptors (Lipinski definition) is 5. The van der Waals surface area contributed by atoms with Gasteiger partial charge in [-0.3, -0.25) is 5.32 Å². The van der Waals surface area contributed by atoms with Crippen molar-refractivity contribution in [2.75, 3.05) is 11.9 Å². The number of aromatic nitrogens is 1. The summed E-state index contributed by atoms with van der Waals surface area (Å²) in [6.07, 6.45) is -1.10. The van der Waals surface area contributed by atoms with E-state index >= 15 is 0 Å². The Labute approximate surface area is 142 Å². The highest BCUT2D eigenvalue weighted by Crippen LogP contribution is 2.24. The average molecular weight is 335 g/mol. The zero-order chi connectivity index (χ0) is 18.4. The van der Waals surface area contributed by atoms with Crippen molar-refractivity contribution in [1.29, 1.82) is 0 Å². The first-order valence-electron chi connectivity index (χ1n) is 7.66. The monoisotopic (exact) mass is 335 g/mol. The van der Waals surface area contributed by atoms with Crippen LogP contribution in [0, 0.1) is 0 Å². The van der Waals surface area contributed by atoms with Crippen molar-refractivity contribution in [3.05, 3.63) is 34.3 Å². The standard InChI is InChI=1S/C16H25N5O3/c1-15(2,3)23-12(10-18-21-17)11-8-7-9-13(19-11)20-14(22)24-16(4,5)6/h7-9,12H,10H2,1-6H3,(H,19,20,22). The van der Waals surface area contributed by atoms with Gasteiger partial charge in [0.1, 0.15) is 17.5 Å². The van der Waals surface area contributed by atoms with Crippen molar-refractivity contribution < 1.29 is 14.3 Å². The van der Waals surface area contributed by atoms with Gasteiger partial charge in [-0.1, -0.05) is 11.2 Å². The van der Waals surface area contributed by atoms with Gasteiger partial charge in [-0.15, -0.1) is 0 Å². The molecule has 0 saturated heterocycles. The Kier molecular flexibility index (Phi) is 6.57. The predicted octanol–water partition coefficient (Wildman–Crippen LogP) is 4.60. The molecule has 1 rings (SSSR count). The summed E-state index contributed by atoms with van der Waals surface area (Å²) in [7, 11) is 0. The highest BCUT2D eigenvalue weighted by atomic mass is 16.6. The topological polar surface area (TPSA) is 109 Å². The number of nitrogens with zero attached hydrogens (tertiary/aromatic N) is 4. The number of carbonyl (C=O) groups excluding carboxylic acids is 1. The van der Waals surface area contributed by atoms with Gasteiger partial charge in [0, 0.05) is 4.91 Å². The Balaban J connectivity index is 2.94. The molecule has 0 spiro atoms. The minimum absolute atomic E-state index is 0.108. The number of anilines is 1. The minimum Gasteiger partial charge on any atom is -0.444 e. The van der Waals surface area contributed by atoms with E-state index in [1.807, 2.05) is 20.8 Å². The molecule has 8 heteroatoms. The predicted molar refractivity (Wildman–Crippen MR) is 91.7 cm³/mol. The van der Waals surface area contributed by atoms with Crippen molar-refractivity contribution in [1.82, 2.24) is 4.98 Å². The Morgan fingerprint density at radius 1 is 1.29 bits per heavy atom. The molecule has 0 fully saturated rings. The Morgan fingerprint density at radius 2 is 1.96 bits per heavy atom. The Bertz CT molecular complexity index is 613. The number of azide groups is 1. The highest BCUT2D eigenvalue weighted by Gasteiger charge is 2.22. The molecule has 1 aromatic rings. The smallest absolute Gasteiger partial charge is 0.413 e. The number of hydrogen-bond donors (Lipinski definition) is 1. The first-order valence-corrected chi connectivity index (χ1v) is 7.66. The maximum Gasteiger partial charge on any atom is 0.413 e. The van der Waals surface area contributed by atoms with Crippen molar-refractivity contribution in [3.63, 3.8) is 0 Å². The van der Waals surface area contributed by atoms with Crippen molar-refractivity contribution >= 4 is 11.9 Å². The quantitative estimate of drug-likeness (QED) is 0.482. The van der Waals surface area contributed by atoms with E-state index in [9.17, 15) is 4.79 Å². The lowest BCUT2D eigenvalue weighted by atomic mass is 10.1. The SMILES string of the molecule is CC(C)(C)OC(=O)Nc1cccc(C(CN=[N+]=[N-])OC(C)(C)C)n1. The van der Waals surface area contributed by atoms with Crippen LogP contribution in [0.3, 0.4) is 0 Å². The summed E-state index contributed by atoms with van der Waals surface area (Å²) in [6, 6.07) is 5.14. The third kappa shape index (κ3) is 7.80. The van der Waals surface area contributed by atoms with E-state index in [2.05, 4.69) is 20.3 Å². The van der Waals surface area contributed by atoms with E-state index in [4.69, 9.17) is 15.0 Å². The molecule has 0 radical (unpaired) electrons. The first-order chi connectivity index (χ1) is 11.0. The van der Waals surface area contributed by atoms with E-state index in [0.717, 1.165) is 0 Å². The van der Waals surface area contributed by atoms with E-state index in [1.165, 1.54) is 0 Å². The molecule has 0 aromatic carbocycles. The van der Waals surface area contributed by atoms with Gasteiger partial charge in [0.25, 0.3) is 0 Å². The summed E-state index contributed by atoms with van der Waals surface area (Å²) in [5, 5.41) is 6.16. The van der Waals surface area contributed by atoms with Crippen LogP contribution in [-0.2, 0) is 9.47 Å². The Hall–Kier alpha value is -2.31. The summed E-state index contributed by atoms with van der Waals surface area (Å²) in [5.74, 6) is 0.338. The van der Waals surface area contributed by atoms with Crippen LogP contribution >= 0.6 is 0 Å². The lowest BCUT2D eigenvalue weighted by Gasteiger charge is -2.26. The molecule has 1 heterocycles. The molecule has 24 heavy (non-hydrogen) atoms. The summed E-state index contributed by atoms with van der Waals surface area (Å²) in [4.78, 5) is 19.0. The second-order valence-corrected chi connectivity index (χ2v) is 7.21. The molecule has 0 aliphatic carbocycles. The summed E-state index contributed by atoms with van der Waals surface area (Å²) < 4.78 is 11.1. The van der Waals surface area contributed by atoms with E-state index in [-0.39, 0.29) is 6.54 Å². The molecular formula is C16H25N5O3. The number of carbonyl (C=O) groups is 1. The van der Waals surface area contributed by atoms with E-state index in [0.29, 0.717) is 11.5 Å². The van der Waals surface area contributed by atoms with Crippen LogP contribution in [0.1, 0.15) is 53.3 Å². The molecule has 0 bridgehead atoms. The second kappa shape index (κ2) is 7.99. The average Bonchev–Trinajstić information content (AvgIpc) is 2.40. The molecular weight excluding hydrogens is 310 g/mol. The number of amides is 1. The third-order valence-corrected chi connectivity index (χ3v) is 2.54.